The van der Waals surface area contributed by atoms with Gasteiger partial charge in [0.25, 0.3) is 0 Å². The molecule has 1 atom stereocenters. The zero-order chi connectivity index (χ0) is 26.5. The van der Waals surface area contributed by atoms with Crippen molar-refractivity contribution in [3.8, 4) is 17.2 Å². The zero-order valence-electron chi connectivity index (χ0n) is 22.3. The maximum Gasteiger partial charge on any atom is 0.415 e. The molecule has 2 aromatic rings. The predicted molar refractivity (Wildman–Crippen MR) is 142 cm³/mol. The number of hydrogen-bond acceptors (Lipinski definition) is 7. The molecule has 5 rings (SSSR count). The third-order valence-electron chi connectivity index (χ3n) is 7.76. The zero-order valence-corrected chi connectivity index (χ0v) is 22.3. The summed E-state index contributed by atoms with van der Waals surface area (Å²) in [5.41, 5.74) is 4.95. The van der Waals surface area contributed by atoms with Gasteiger partial charge in [0.15, 0.2) is 11.5 Å². The minimum atomic E-state index is -0.316. The van der Waals surface area contributed by atoms with E-state index in [9.17, 15) is 9.59 Å². The summed E-state index contributed by atoms with van der Waals surface area (Å²) in [5.74, 6) is 2.66. The fourth-order valence-corrected chi connectivity index (χ4v) is 5.49. The van der Waals surface area contributed by atoms with Gasteiger partial charge in [-0.2, -0.15) is 0 Å². The summed E-state index contributed by atoms with van der Waals surface area (Å²) in [6.07, 6.45) is 2.74. The number of carbonyl (C=O) groups excluding carboxylic acids is 2. The van der Waals surface area contributed by atoms with Crippen molar-refractivity contribution in [3.63, 3.8) is 0 Å². The largest absolute Gasteiger partial charge is 0.493 e. The average Bonchev–Trinajstić information content (AvgIpc) is 3.15. The molecule has 0 aromatic heterocycles. The SMILES string of the molecule is COc1cc2c(cc1OC)CCN(C(=O)CCNCC1Cc3cc(OC(=O)N4CCOCC4)ccc31)CC2. The molecule has 1 saturated heterocycles. The molecule has 1 aliphatic carbocycles. The van der Waals surface area contributed by atoms with Crippen molar-refractivity contribution in [2.45, 2.75) is 31.6 Å². The van der Waals surface area contributed by atoms with Crippen LogP contribution in [-0.4, -0.2) is 88.5 Å². The second-order valence-corrected chi connectivity index (χ2v) is 10.0. The maximum absolute atomic E-state index is 12.9. The van der Waals surface area contributed by atoms with Crippen LogP contribution in [0.3, 0.4) is 0 Å². The number of ether oxygens (including phenoxy) is 4. The highest BCUT2D eigenvalue weighted by Gasteiger charge is 2.27. The number of amides is 2. The van der Waals surface area contributed by atoms with Crippen molar-refractivity contribution in [2.75, 3.05) is 66.7 Å². The molecule has 38 heavy (non-hydrogen) atoms. The molecule has 2 amide bonds. The van der Waals surface area contributed by atoms with Gasteiger partial charge in [-0.1, -0.05) is 6.07 Å². The Morgan fingerprint density at radius 1 is 0.921 bits per heavy atom. The third kappa shape index (κ3) is 5.89. The maximum atomic E-state index is 12.9. The average molecular weight is 524 g/mol. The molecule has 0 bridgehead atoms. The molecule has 3 aliphatic rings. The lowest BCUT2D eigenvalue weighted by Crippen LogP contribution is -2.42. The van der Waals surface area contributed by atoms with Gasteiger partial charge in [0.05, 0.1) is 27.4 Å². The van der Waals surface area contributed by atoms with E-state index in [-0.39, 0.29) is 12.0 Å². The first-order chi connectivity index (χ1) is 18.6. The predicted octanol–water partition coefficient (Wildman–Crippen LogP) is 2.78. The standard InChI is InChI=1S/C29H37N3O6/c1-35-26-17-20-6-9-31(10-7-21(20)18-27(26)36-2)28(33)5-8-30-19-23-15-22-16-24(3-4-25(22)23)38-29(34)32-11-13-37-14-12-32/h3-4,16-18,23,30H,5-15,19H2,1-2H3. The number of benzene rings is 2. The Morgan fingerprint density at radius 3 is 2.24 bits per heavy atom. The number of hydrogen-bond donors (Lipinski definition) is 1. The van der Waals surface area contributed by atoms with Crippen LogP contribution in [0.1, 0.15) is 34.6 Å². The van der Waals surface area contributed by atoms with Crippen LogP contribution >= 0.6 is 0 Å². The molecule has 1 unspecified atom stereocenters. The summed E-state index contributed by atoms with van der Waals surface area (Å²) < 4.78 is 21.7. The van der Waals surface area contributed by atoms with E-state index in [0.29, 0.717) is 50.9 Å². The number of morpholine rings is 1. The fourth-order valence-electron chi connectivity index (χ4n) is 5.49. The normalized spacial score (nSPS) is 18.5. The lowest BCUT2D eigenvalue weighted by atomic mass is 9.77. The Balaban J connectivity index is 1.04. The van der Waals surface area contributed by atoms with Gasteiger partial charge < -0.3 is 34.1 Å². The van der Waals surface area contributed by atoms with E-state index in [0.717, 1.165) is 50.4 Å². The van der Waals surface area contributed by atoms with Crippen LogP contribution < -0.4 is 19.5 Å². The second-order valence-electron chi connectivity index (χ2n) is 10.0. The number of rotatable bonds is 8. The molecular formula is C29H37N3O6. The van der Waals surface area contributed by atoms with Crippen LogP contribution in [-0.2, 0) is 28.8 Å². The van der Waals surface area contributed by atoms with E-state index >= 15 is 0 Å². The van der Waals surface area contributed by atoms with Gasteiger partial charge in [-0.05, 0) is 65.8 Å². The van der Waals surface area contributed by atoms with Crippen LogP contribution in [0.2, 0.25) is 0 Å². The van der Waals surface area contributed by atoms with Crippen molar-refractivity contribution in [3.05, 3.63) is 52.6 Å². The topological polar surface area (TPSA) is 89.6 Å². The van der Waals surface area contributed by atoms with Gasteiger partial charge in [-0.25, -0.2) is 4.79 Å². The van der Waals surface area contributed by atoms with Crippen LogP contribution in [0.4, 0.5) is 4.79 Å². The number of nitrogens with zero attached hydrogens (tertiary/aromatic N) is 2. The van der Waals surface area contributed by atoms with Crippen molar-refractivity contribution in [2.24, 2.45) is 0 Å². The van der Waals surface area contributed by atoms with Crippen LogP contribution in [0, 0.1) is 0 Å². The van der Waals surface area contributed by atoms with Gasteiger partial charge in [0.1, 0.15) is 5.75 Å². The van der Waals surface area contributed by atoms with Gasteiger partial charge in [-0.3, -0.25) is 4.79 Å². The Morgan fingerprint density at radius 2 is 1.61 bits per heavy atom. The minimum Gasteiger partial charge on any atom is -0.493 e. The number of nitrogens with one attached hydrogen (secondary N) is 1. The van der Waals surface area contributed by atoms with Crippen LogP contribution in [0.15, 0.2) is 30.3 Å². The van der Waals surface area contributed by atoms with Gasteiger partial charge in [-0.15, -0.1) is 0 Å². The van der Waals surface area contributed by atoms with Crippen molar-refractivity contribution >= 4 is 12.0 Å². The summed E-state index contributed by atoms with van der Waals surface area (Å²) in [6.45, 7) is 5.16. The first-order valence-corrected chi connectivity index (χ1v) is 13.4. The summed E-state index contributed by atoms with van der Waals surface area (Å²) in [4.78, 5) is 28.9. The Kier molecular flexibility index (Phi) is 8.34. The number of carbonyl (C=O) groups is 2. The molecule has 1 N–H and O–H groups in total. The minimum absolute atomic E-state index is 0.185. The van der Waals surface area contributed by atoms with E-state index in [1.807, 2.05) is 29.2 Å². The Bertz CT molecular complexity index is 1130. The lowest BCUT2D eigenvalue weighted by molar-refractivity contribution is -0.131. The molecule has 0 spiro atoms. The van der Waals surface area contributed by atoms with Crippen molar-refractivity contribution in [1.29, 1.82) is 0 Å². The molecule has 9 nitrogen and oxygen atoms in total. The van der Waals surface area contributed by atoms with Crippen LogP contribution in [0.25, 0.3) is 0 Å². The summed E-state index contributed by atoms with van der Waals surface area (Å²) >= 11 is 0. The Hall–Kier alpha value is -3.30. The summed E-state index contributed by atoms with van der Waals surface area (Å²) in [6, 6.07) is 9.97. The molecule has 0 saturated carbocycles. The number of methoxy groups -OCH3 is 2. The highest BCUT2D eigenvalue weighted by molar-refractivity contribution is 5.76. The van der Waals surface area contributed by atoms with E-state index in [1.54, 1.807) is 19.1 Å². The molecule has 204 valence electrons. The van der Waals surface area contributed by atoms with Crippen molar-refractivity contribution in [1.82, 2.24) is 15.1 Å². The highest BCUT2D eigenvalue weighted by Crippen LogP contribution is 2.37. The van der Waals surface area contributed by atoms with E-state index < -0.39 is 0 Å². The monoisotopic (exact) mass is 523 g/mol. The highest BCUT2D eigenvalue weighted by atomic mass is 16.6. The molecular weight excluding hydrogens is 486 g/mol. The number of fused-ring (bicyclic) bond motifs is 2. The van der Waals surface area contributed by atoms with Crippen LogP contribution in [0.5, 0.6) is 17.2 Å². The summed E-state index contributed by atoms with van der Waals surface area (Å²) in [5, 5.41) is 3.47. The van der Waals surface area contributed by atoms with E-state index in [4.69, 9.17) is 18.9 Å². The van der Waals surface area contributed by atoms with Gasteiger partial charge in [0.2, 0.25) is 5.91 Å². The molecule has 2 aromatic carbocycles. The first-order valence-electron chi connectivity index (χ1n) is 13.4. The molecule has 1 fully saturated rings. The smallest absolute Gasteiger partial charge is 0.415 e. The Labute approximate surface area is 224 Å². The third-order valence-corrected chi connectivity index (χ3v) is 7.76. The fraction of sp³-hybridized carbons (Fsp3) is 0.517. The van der Waals surface area contributed by atoms with E-state index in [2.05, 4.69) is 11.4 Å². The molecule has 2 heterocycles. The van der Waals surface area contributed by atoms with E-state index in [1.165, 1.54) is 22.3 Å². The lowest BCUT2D eigenvalue weighted by Gasteiger charge is -2.31. The first kappa shape index (κ1) is 26.3. The molecule has 0 radical (unpaired) electrons. The van der Waals surface area contributed by atoms with Crippen molar-refractivity contribution < 1.29 is 28.5 Å². The second kappa shape index (κ2) is 12.0. The van der Waals surface area contributed by atoms with Gasteiger partial charge >= 0.3 is 6.09 Å². The summed E-state index contributed by atoms with van der Waals surface area (Å²) in [7, 11) is 3.29. The molecule has 2 aliphatic heterocycles. The quantitative estimate of drug-likeness (QED) is 0.533. The van der Waals surface area contributed by atoms with Gasteiger partial charge in [0, 0.05) is 51.6 Å². The molecule has 9 heteroatoms.